The average Bonchev–Trinajstić information content (AvgIpc) is 3.06. The Hall–Kier alpha value is -4.70. The maximum Gasteiger partial charge on any atom is 0.410 e. The van der Waals surface area contributed by atoms with Gasteiger partial charge in [-0.05, 0) is 75.5 Å². The van der Waals surface area contributed by atoms with Crippen molar-refractivity contribution in [3.05, 3.63) is 108 Å². The molecule has 0 aliphatic carbocycles. The molecule has 10 heteroatoms. The van der Waals surface area contributed by atoms with Gasteiger partial charge in [0.2, 0.25) is 5.91 Å². The van der Waals surface area contributed by atoms with Gasteiger partial charge in [0.1, 0.15) is 17.7 Å². The SMILES string of the molecule is CC(C)CCN(C(=O)N[C@@H](Cc1ccccc1)C(N)=O)C(=O)C(CC[C@@H](O)Cc1ccccc1)N(CCc1ccccc1)C(=O)OC(C)(C)C. The third-order valence-electron chi connectivity index (χ3n) is 8.23. The minimum Gasteiger partial charge on any atom is -0.444 e. The Morgan fingerprint density at radius 1 is 0.760 bits per heavy atom. The fourth-order valence-electron chi connectivity index (χ4n) is 5.52. The van der Waals surface area contributed by atoms with Crippen LogP contribution in [0.25, 0.3) is 0 Å². The Morgan fingerprint density at radius 2 is 1.28 bits per heavy atom. The Morgan fingerprint density at radius 3 is 1.78 bits per heavy atom. The number of nitrogens with one attached hydrogen (secondary N) is 1. The first kappa shape index (κ1) is 39.7. The van der Waals surface area contributed by atoms with E-state index in [9.17, 15) is 24.3 Å². The summed E-state index contributed by atoms with van der Waals surface area (Å²) in [5, 5.41) is 13.8. The minimum absolute atomic E-state index is 0.0447. The molecular weight excluding hydrogens is 632 g/mol. The highest BCUT2D eigenvalue weighted by atomic mass is 16.6. The molecule has 3 aromatic carbocycles. The van der Waals surface area contributed by atoms with Gasteiger partial charge in [-0.2, -0.15) is 0 Å². The second kappa shape index (κ2) is 19.5. The number of nitrogens with zero attached hydrogens (tertiary/aromatic N) is 2. The van der Waals surface area contributed by atoms with E-state index in [2.05, 4.69) is 5.32 Å². The van der Waals surface area contributed by atoms with Gasteiger partial charge in [0.15, 0.2) is 0 Å². The number of urea groups is 1. The first-order valence-corrected chi connectivity index (χ1v) is 17.4. The van der Waals surface area contributed by atoms with E-state index < -0.39 is 47.7 Å². The molecule has 3 atom stereocenters. The molecule has 0 heterocycles. The van der Waals surface area contributed by atoms with Crippen LogP contribution >= 0.6 is 0 Å². The quantitative estimate of drug-likeness (QED) is 0.162. The number of carbonyl (C=O) groups is 4. The van der Waals surface area contributed by atoms with Crippen molar-refractivity contribution >= 4 is 23.9 Å². The molecule has 0 aliphatic heterocycles. The third-order valence-corrected chi connectivity index (χ3v) is 8.23. The van der Waals surface area contributed by atoms with Crippen LogP contribution in [-0.2, 0) is 33.6 Å². The molecule has 0 saturated carbocycles. The fourth-order valence-corrected chi connectivity index (χ4v) is 5.52. The van der Waals surface area contributed by atoms with Crippen LogP contribution in [-0.4, -0.2) is 75.7 Å². The summed E-state index contributed by atoms with van der Waals surface area (Å²) in [6.07, 6.45) is 0.134. The summed E-state index contributed by atoms with van der Waals surface area (Å²) in [4.78, 5) is 57.6. The number of hydrogen-bond acceptors (Lipinski definition) is 6. The average molecular weight is 687 g/mol. The molecular formula is C40H54N4O6. The molecule has 0 spiro atoms. The lowest BCUT2D eigenvalue weighted by molar-refractivity contribution is -0.135. The Kier molecular flexibility index (Phi) is 15.5. The minimum atomic E-state index is -1.15. The zero-order valence-corrected chi connectivity index (χ0v) is 30.1. The van der Waals surface area contributed by atoms with E-state index >= 15 is 0 Å². The number of carbonyl (C=O) groups excluding carboxylic acids is 4. The lowest BCUT2D eigenvalue weighted by Crippen LogP contribution is -2.58. The van der Waals surface area contributed by atoms with Crippen LogP contribution in [0, 0.1) is 5.92 Å². The first-order valence-electron chi connectivity index (χ1n) is 17.4. The number of aliphatic hydroxyl groups is 1. The van der Waals surface area contributed by atoms with Crippen molar-refractivity contribution in [2.45, 2.75) is 96.9 Å². The predicted octanol–water partition coefficient (Wildman–Crippen LogP) is 5.90. The zero-order chi connectivity index (χ0) is 36.7. The van der Waals surface area contributed by atoms with Crippen molar-refractivity contribution in [2.75, 3.05) is 13.1 Å². The summed E-state index contributed by atoms with van der Waals surface area (Å²) < 4.78 is 5.81. The molecule has 5 amide bonds. The molecule has 3 rings (SSSR count). The highest BCUT2D eigenvalue weighted by Crippen LogP contribution is 2.21. The van der Waals surface area contributed by atoms with Crippen LogP contribution < -0.4 is 11.1 Å². The number of rotatable bonds is 17. The van der Waals surface area contributed by atoms with E-state index in [1.165, 1.54) is 4.90 Å². The monoisotopic (exact) mass is 686 g/mol. The van der Waals surface area contributed by atoms with Crippen molar-refractivity contribution in [1.29, 1.82) is 0 Å². The second-order valence-electron chi connectivity index (χ2n) is 14.1. The lowest BCUT2D eigenvalue weighted by atomic mass is 9.99. The van der Waals surface area contributed by atoms with Gasteiger partial charge in [-0.15, -0.1) is 0 Å². The fraction of sp³-hybridized carbons (Fsp3) is 0.450. The van der Waals surface area contributed by atoms with Gasteiger partial charge in [-0.1, -0.05) is 105 Å². The number of benzene rings is 3. The second-order valence-corrected chi connectivity index (χ2v) is 14.1. The maximum atomic E-state index is 14.7. The van der Waals surface area contributed by atoms with Crippen molar-refractivity contribution in [3.8, 4) is 0 Å². The largest absolute Gasteiger partial charge is 0.444 e. The normalized spacial score (nSPS) is 13.2. The molecule has 1 unspecified atom stereocenters. The van der Waals surface area contributed by atoms with E-state index in [0.717, 1.165) is 21.6 Å². The van der Waals surface area contributed by atoms with Crippen molar-refractivity contribution in [2.24, 2.45) is 11.7 Å². The number of amides is 5. The summed E-state index contributed by atoms with van der Waals surface area (Å²) in [6, 6.07) is 25.2. The number of hydrogen-bond donors (Lipinski definition) is 3. The van der Waals surface area contributed by atoms with E-state index in [1.54, 1.807) is 20.8 Å². The highest BCUT2D eigenvalue weighted by molar-refractivity contribution is 5.99. The Balaban J connectivity index is 1.99. The number of primary amides is 1. The van der Waals surface area contributed by atoms with Crippen LogP contribution in [0.5, 0.6) is 0 Å². The van der Waals surface area contributed by atoms with Gasteiger partial charge in [0.05, 0.1) is 6.10 Å². The van der Waals surface area contributed by atoms with E-state index in [1.807, 2.05) is 105 Å². The van der Waals surface area contributed by atoms with E-state index in [0.29, 0.717) is 19.3 Å². The molecule has 270 valence electrons. The van der Waals surface area contributed by atoms with Gasteiger partial charge < -0.3 is 20.9 Å². The summed E-state index contributed by atoms with van der Waals surface area (Å²) >= 11 is 0. The molecule has 0 aromatic heterocycles. The number of aliphatic hydroxyl groups excluding tert-OH is 1. The number of imide groups is 1. The smallest absolute Gasteiger partial charge is 0.410 e. The van der Waals surface area contributed by atoms with E-state index in [4.69, 9.17) is 10.5 Å². The molecule has 4 N–H and O–H groups in total. The highest BCUT2D eigenvalue weighted by Gasteiger charge is 2.38. The maximum absolute atomic E-state index is 14.7. The van der Waals surface area contributed by atoms with Gasteiger partial charge >= 0.3 is 12.1 Å². The third kappa shape index (κ3) is 13.7. The molecule has 10 nitrogen and oxygen atoms in total. The summed E-state index contributed by atoms with van der Waals surface area (Å²) in [5.41, 5.74) is 7.55. The van der Waals surface area contributed by atoms with Crippen LogP contribution in [0.1, 0.15) is 70.6 Å². The van der Waals surface area contributed by atoms with Crippen LogP contribution in [0.2, 0.25) is 0 Å². The Labute approximate surface area is 297 Å². The molecule has 0 aliphatic rings. The number of ether oxygens (including phenoxy) is 1. The first-order chi connectivity index (χ1) is 23.7. The molecule has 0 bridgehead atoms. The van der Waals surface area contributed by atoms with Crippen LogP contribution in [0.3, 0.4) is 0 Å². The standard InChI is InChI=1S/C40H54N4O6/c1-29(2)23-25-44(38(48)42-34(36(41)46)28-32-19-13-8-14-20-32)37(47)35(22-21-33(45)27-31-17-11-7-12-18-31)43(39(49)50-40(3,4)5)26-24-30-15-9-6-10-16-30/h6-20,29,33-35,45H,21-28H2,1-5H3,(H2,41,46)(H,42,48)/t33-,34+,35?/m1/s1. The molecule has 0 radical (unpaired) electrons. The molecule has 0 fully saturated rings. The zero-order valence-electron chi connectivity index (χ0n) is 30.1. The molecule has 50 heavy (non-hydrogen) atoms. The van der Waals surface area contributed by atoms with Gasteiger partial charge in [0, 0.05) is 19.5 Å². The Bertz CT molecular complexity index is 1490. The van der Waals surface area contributed by atoms with E-state index in [-0.39, 0.29) is 38.3 Å². The van der Waals surface area contributed by atoms with Gasteiger partial charge in [-0.25, -0.2) is 9.59 Å². The predicted molar refractivity (Wildman–Crippen MR) is 195 cm³/mol. The van der Waals surface area contributed by atoms with Crippen molar-refractivity contribution in [1.82, 2.24) is 15.1 Å². The van der Waals surface area contributed by atoms with Crippen molar-refractivity contribution in [3.63, 3.8) is 0 Å². The van der Waals surface area contributed by atoms with Crippen LogP contribution in [0.15, 0.2) is 91.0 Å². The van der Waals surface area contributed by atoms with Gasteiger partial charge in [-0.3, -0.25) is 19.4 Å². The van der Waals surface area contributed by atoms with Crippen molar-refractivity contribution < 1.29 is 29.0 Å². The number of nitrogens with two attached hydrogens (primary N) is 1. The lowest BCUT2D eigenvalue weighted by Gasteiger charge is -2.36. The summed E-state index contributed by atoms with van der Waals surface area (Å²) in [7, 11) is 0. The summed E-state index contributed by atoms with van der Waals surface area (Å²) in [5.74, 6) is -1.23. The molecule has 3 aromatic rings. The summed E-state index contributed by atoms with van der Waals surface area (Å²) in [6.45, 7) is 9.38. The molecule has 0 saturated heterocycles. The van der Waals surface area contributed by atoms with Gasteiger partial charge in [0.25, 0.3) is 5.91 Å². The topological polar surface area (TPSA) is 142 Å². The van der Waals surface area contributed by atoms with Crippen LogP contribution in [0.4, 0.5) is 9.59 Å².